The van der Waals surface area contributed by atoms with Gasteiger partial charge in [-0.05, 0) is 64.0 Å². The summed E-state index contributed by atoms with van der Waals surface area (Å²) in [6, 6.07) is 11.8. The van der Waals surface area contributed by atoms with Gasteiger partial charge < -0.3 is 14.2 Å². The number of hydrogen-bond acceptors (Lipinski definition) is 7. The molecule has 192 valence electrons. The van der Waals surface area contributed by atoms with Gasteiger partial charge in [0.15, 0.2) is 17.5 Å². The van der Waals surface area contributed by atoms with Gasteiger partial charge in [-0.15, -0.1) is 0 Å². The van der Waals surface area contributed by atoms with Gasteiger partial charge >= 0.3 is 5.97 Å². The summed E-state index contributed by atoms with van der Waals surface area (Å²) in [4.78, 5) is 28.2. The molecule has 9 heteroatoms. The van der Waals surface area contributed by atoms with Gasteiger partial charge in [-0.1, -0.05) is 75.1 Å². The molecule has 1 amide bonds. The minimum atomic E-state index is -0.950. The molecule has 0 saturated carbocycles. The van der Waals surface area contributed by atoms with E-state index in [1.54, 1.807) is 25.3 Å². The standard InChI is InChI=1S/C27H30BrNO5S2/c1-5-12-34-26(31)23(19-9-7-6-8-10-19)29-25(30)22(36-27(29)35)16-18-14-20(28)24(21(15-18)32-4)33-13-11-17(2)3/h6-10,14-17,23H,5,11-13H2,1-4H3/b22-16+. The molecule has 1 fully saturated rings. The van der Waals surface area contributed by atoms with Crippen molar-refractivity contribution in [2.24, 2.45) is 5.92 Å². The van der Waals surface area contributed by atoms with Crippen LogP contribution in [0.4, 0.5) is 0 Å². The van der Waals surface area contributed by atoms with Gasteiger partial charge in [-0.25, -0.2) is 4.79 Å². The molecule has 1 heterocycles. The first kappa shape index (κ1) is 28.2. The van der Waals surface area contributed by atoms with Crippen LogP contribution in [0, 0.1) is 5.92 Å². The van der Waals surface area contributed by atoms with E-state index in [0.717, 1.165) is 28.2 Å². The third-order valence-corrected chi connectivity index (χ3v) is 7.28. The summed E-state index contributed by atoms with van der Waals surface area (Å²) in [6.45, 7) is 7.04. The highest BCUT2D eigenvalue weighted by Crippen LogP contribution is 2.41. The number of methoxy groups -OCH3 is 1. The van der Waals surface area contributed by atoms with Crippen molar-refractivity contribution in [2.45, 2.75) is 39.7 Å². The number of hydrogen-bond donors (Lipinski definition) is 0. The summed E-state index contributed by atoms with van der Waals surface area (Å²) in [5.74, 6) is 0.841. The zero-order valence-electron chi connectivity index (χ0n) is 20.8. The van der Waals surface area contributed by atoms with Crippen molar-refractivity contribution in [2.75, 3.05) is 20.3 Å². The maximum Gasteiger partial charge on any atom is 0.333 e. The summed E-state index contributed by atoms with van der Waals surface area (Å²) in [5.41, 5.74) is 1.38. The Bertz CT molecular complexity index is 1140. The molecule has 6 nitrogen and oxygen atoms in total. The predicted octanol–water partition coefficient (Wildman–Crippen LogP) is 6.78. The lowest BCUT2D eigenvalue weighted by Crippen LogP contribution is -2.38. The number of nitrogens with zero attached hydrogens (tertiary/aromatic N) is 1. The van der Waals surface area contributed by atoms with E-state index in [1.807, 2.05) is 37.3 Å². The van der Waals surface area contributed by atoms with E-state index < -0.39 is 12.0 Å². The molecule has 0 radical (unpaired) electrons. The number of carbonyl (C=O) groups excluding carboxylic acids is 2. The summed E-state index contributed by atoms with van der Waals surface area (Å²) < 4.78 is 17.9. The van der Waals surface area contributed by atoms with Gasteiger partial charge in [-0.2, -0.15) is 0 Å². The van der Waals surface area contributed by atoms with Crippen molar-refractivity contribution in [1.82, 2.24) is 4.90 Å². The number of thioether (sulfide) groups is 1. The van der Waals surface area contributed by atoms with E-state index in [2.05, 4.69) is 29.8 Å². The van der Waals surface area contributed by atoms with Crippen molar-refractivity contribution < 1.29 is 23.8 Å². The number of benzene rings is 2. The molecule has 1 unspecified atom stereocenters. The van der Waals surface area contributed by atoms with Crippen molar-refractivity contribution in [1.29, 1.82) is 0 Å². The zero-order valence-corrected chi connectivity index (χ0v) is 24.0. The molecular weight excluding hydrogens is 562 g/mol. The van der Waals surface area contributed by atoms with E-state index in [1.165, 1.54) is 4.90 Å². The Hall–Kier alpha value is -2.36. The maximum absolute atomic E-state index is 13.5. The predicted molar refractivity (Wildman–Crippen MR) is 151 cm³/mol. The second-order valence-electron chi connectivity index (χ2n) is 8.60. The fourth-order valence-corrected chi connectivity index (χ4v) is 5.41. The third kappa shape index (κ3) is 6.89. The molecule has 0 aliphatic carbocycles. The van der Waals surface area contributed by atoms with Gasteiger partial charge in [0.1, 0.15) is 4.32 Å². The van der Waals surface area contributed by atoms with E-state index in [0.29, 0.717) is 45.2 Å². The zero-order chi connectivity index (χ0) is 26.2. The first-order chi connectivity index (χ1) is 17.3. The fourth-order valence-electron chi connectivity index (χ4n) is 3.52. The van der Waals surface area contributed by atoms with Crippen LogP contribution in [-0.2, 0) is 14.3 Å². The minimum Gasteiger partial charge on any atom is -0.493 e. The Balaban J connectivity index is 1.91. The number of rotatable bonds is 11. The van der Waals surface area contributed by atoms with Crippen LogP contribution >= 0.6 is 39.9 Å². The van der Waals surface area contributed by atoms with E-state index in [9.17, 15) is 9.59 Å². The van der Waals surface area contributed by atoms with E-state index >= 15 is 0 Å². The lowest BCUT2D eigenvalue weighted by Gasteiger charge is -2.25. The Morgan fingerprint density at radius 3 is 2.56 bits per heavy atom. The SMILES string of the molecule is CCCOC(=O)C(c1ccccc1)N1C(=O)/C(=C\c2cc(Br)c(OCCC(C)C)c(OC)c2)SC1=S. The van der Waals surface area contributed by atoms with Crippen molar-refractivity contribution in [3.63, 3.8) is 0 Å². The van der Waals surface area contributed by atoms with Crippen LogP contribution in [0.5, 0.6) is 11.5 Å². The number of esters is 1. The van der Waals surface area contributed by atoms with Gasteiger partial charge in [0.05, 0.1) is 29.7 Å². The maximum atomic E-state index is 13.5. The molecule has 0 N–H and O–H groups in total. The highest BCUT2D eigenvalue weighted by molar-refractivity contribution is 9.10. The highest BCUT2D eigenvalue weighted by Gasteiger charge is 2.42. The lowest BCUT2D eigenvalue weighted by molar-refractivity contribution is -0.151. The van der Waals surface area contributed by atoms with Crippen LogP contribution in [0.1, 0.15) is 50.8 Å². The second kappa shape index (κ2) is 13.3. The number of ether oxygens (including phenoxy) is 3. The molecule has 2 aromatic rings. The summed E-state index contributed by atoms with van der Waals surface area (Å²) in [7, 11) is 1.58. The minimum absolute atomic E-state index is 0.270. The molecule has 1 atom stereocenters. The summed E-state index contributed by atoms with van der Waals surface area (Å²) >= 11 is 10.3. The van der Waals surface area contributed by atoms with Crippen LogP contribution < -0.4 is 9.47 Å². The largest absolute Gasteiger partial charge is 0.493 e. The van der Waals surface area contributed by atoms with Crippen molar-refractivity contribution in [3.8, 4) is 11.5 Å². The molecule has 1 saturated heterocycles. The van der Waals surface area contributed by atoms with Crippen LogP contribution in [0.2, 0.25) is 0 Å². The molecular formula is C27H30BrNO5S2. The normalized spacial score (nSPS) is 15.5. The molecule has 0 bridgehead atoms. The molecule has 36 heavy (non-hydrogen) atoms. The monoisotopic (exact) mass is 591 g/mol. The Kier molecular flexibility index (Phi) is 10.4. The second-order valence-corrected chi connectivity index (χ2v) is 11.1. The Labute approximate surface area is 230 Å². The average Bonchev–Trinajstić information content (AvgIpc) is 3.12. The van der Waals surface area contributed by atoms with Crippen molar-refractivity contribution >= 4 is 62.2 Å². The van der Waals surface area contributed by atoms with Crippen LogP contribution in [0.3, 0.4) is 0 Å². The molecule has 3 rings (SSSR count). The first-order valence-electron chi connectivity index (χ1n) is 11.8. The van der Waals surface area contributed by atoms with E-state index in [-0.39, 0.29) is 12.5 Å². The Morgan fingerprint density at radius 1 is 1.19 bits per heavy atom. The van der Waals surface area contributed by atoms with Crippen LogP contribution in [-0.4, -0.2) is 41.4 Å². The smallest absolute Gasteiger partial charge is 0.333 e. The number of carbonyl (C=O) groups is 2. The van der Waals surface area contributed by atoms with Gasteiger partial charge in [0.25, 0.3) is 5.91 Å². The van der Waals surface area contributed by atoms with Crippen LogP contribution in [0.25, 0.3) is 6.08 Å². The molecule has 0 aromatic heterocycles. The van der Waals surface area contributed by atoms with Gasteiger partial charge in [0, 0.05) is 0 Å². The number of thiocarbonyl (C=S) groups is 1. The van der Waals surface area contributed by atoms with Gasteiger partial charge in [0.2, 0.25) is 0 Å². The Morgan fingerprint density at radius 2 is 1.92 bits per heavy atom. The summed E-state index contributed by atoms with van der Waals surface area (Å²) in [6.07, 6.45) is 3.34. The number of amides is 1. The van der Waals surface area contributed by atoms with Gasteiger partial charge in [-0.3, -0.25) is 9.69 Å². The summed E-state index contributed by atoms with van der Waals surface area (Å²) in [5, 5.41) is 0. The number of halogens is 1. The molecule has 2 aromatic carbocycles. The topological polar surface area (TPSA) is 65.1 Å². The molecule has 0 spiro atoms. The third-order valence-electron chi connectivity index (χ3n) is 5.36. The highest BCUT2D eigenvalue weighted by atomic mass is 79.9. The average molecular weight is 593 g/mol. The molecule has 1 aliphatic rings. The molecule has 1 aliphatic heterocycles. The quantitative estimate of drug-likeness (QED) is 0.162. The van der Waals surface area contributed by atoms with Crippen LogP contribution in [0.15, 0.2) is 51.8 Å². The van der Waals surface area contributed by atoms with Crippen molar-refractivity contribution in [3.05, 3.63) is 63.0 Å². The first-order valence-corrected chi connectivity index (χ1v) is 13.8. The fraction of sp³-hybridized carbons (Fsp3) is 0.370. The lowest BCUT2D eigenvalue weighted by atomic mass is 10.1. The van der Waals surface area contributed by atoms with E-state index in [4.69, 9.17) is 26.4 Å².